The SMILES string of the molecule is CCC(=O)N1CCc2[nH]cnc2C12CCN(C(=O)CCc1ccc(O)cc1)CC2. The maximum absolute atomic E-state index is 12.8. The molecule has 0 unspecified atom stereocenters. The minimum atomic E-state index is -0.394. The third-order valence-corrected chi connectivity index (χ3v) is 6.37. The minimum absolute atomic E-state index is 0.138. The van der Waals surface area contributed by atoms with Gasteiger partial charge in [0.1, 0.15) is 5.75 Å². The minimum Gasteiger partial charge on any atom is -0.508 e. The Morgan fingerprint density at radius 1 is 1.14 bits per heavy atom. The molecule has 2 amide bonds. The van der Waals surface area contributed by atoms with Crippen molar-refractivity contribution >= 4 is 11.8 Å². The summed E-state index contributed by atoms with van der Waals surface area (Å²) < 4.78 is 0. The molecule has 7 heteroatoms. The van der Waals surface area contributed by atoms with E-state index < -0.39 is 5.54 Å². The Balaban J connectivity index is 1.43. The van der Waals surface area contributed by atoms with Crippen LogP contribution in [0.4, 0.5) is 0 Å². The Kier molecular flexibility index (Phi) is 5.30. The summed E-state index contributed by atoms with van der Waals surface area (Å²) in [5, 5.41) is 9.38. The van der Waals surface area contributed by atoms with Crippen LogP contribution in [-0.2, 0) is 28.0 Å². The number of H-pyrrole nitrogens is 1. The van der Waals surface area contributed by atoms with Gasteiger partial charge >= 0.3 is 0 Å². The molecule has 0 atom stereocenters. The molecule has 2 aromatic rings. The molecule has 154 valence electrons. The monoisotopic (exact) mass is 396 g/mol. The zero-order valence-electron chi connectivity index (χ0n) is 16.9. The Bertz CT molecular complexity index is 882. The lowest BCUT2D eigenvalue weighted by atomic mass is 9.78. The number of nitrogens with one attached hydrogen (secondary N) is 1. The van der Waals surface area contributed by atoms with Gasteiger partial charge in [-0.15, -0.1) is 0 Å². The van der Waals surface area contributed by atoms with E-state index in [1.54, 1.807) is 18.5 Å². The number of carbonyl (C=O) groups is 2. The summed E-state index contributed by atoms with van der Waals surface area (Å²) in [6.45, 7) is 3.87. The molecular formula is C22H28N4O3. The molecule has 3 heterocycles. The average Bonchev–Trinajstić information content (AvgIpc) is 3.23. The van der Waals surface area contributed by atoms with Gasteiger partial charge < -0.3 is 19.9 Å². The number of likely N-dealkylation sites (tertiary alicyclic amines) is 1. The van der Waals surface area contributed by atoms with E-state index in [9.17, 15) is 14.7 Å². The van der Waals surface area contributed by atoms with Gasteiger partial charge in [0, 0.05) is 44.6 Å². The first kappa shape index (κ1) is 19.5. The number of phenolic OH excluding ortho intramolecular Hbond substituents is 1. The summed E-state index contributed by atoms with van der Waals surface area (Å²) in [4.78, 5) is 37.2. The molecule has 0 bridgehead atoms. The molecule has 1 fully saturated rings. The standard InChI is InChI=1S/C22H28N4O3/c1-2-19(28)26-12-9-18-21(24-15-23-18)22(26)10-13-25(14-11-22)20(29)8-5-16-3-6-17(27)7-4-16/h3-4,6-7,15,27H,2,5,8-14H2,1H3,(H,23,24). The second kappa shape index (κ2) is 7.89. The number of aromatic amines is 1. The van der Waals surface area contributed by atoms with Crippen LogP contribution < -0.4 is 0 Å². The van der Waals surface area contributed by atoms with Crippen molar-refractivity contribution in [3.63, 3.8) is 0 Å². The fourth-order valence-corrected chi connectivity index (χ4v) is 4.74. The number of hydrogen-bond donors (Lipinski definition) is 2. The van der Waals surface area contributed by atoms with Gasteiger partial charge in [0.15, 0.2) is 0 Å². The topological polar surface area (TPSA) is 89.5 Å². The summed E-state index contributed by atoms with van der Waals surface area (Å²) in [5.74, 6) is 0.530. The van der Waals surface area contributed by atoms with Crippen LogP contribution in [0.5, 0.6) is 5.75 Å². The lowest BCUT2D eigenvalue weighted by Crippen LogP contribution is -2.58. The van der Waals surface area contributed by atoms with E-state index in [-0.39, 0.29) is 17.6 Å². The van der Waals surface area contributed by atoms with Crippen LogP contribution in [0.3, 0.4) is 0 Å². The number of amides is 2. The normalized spacial score (nSPS) is 18.0. The summed E-state index contributed by atoms with van der Waals surface area (Å²) in [5.41, 5.74) is 2.76. The zero-order valence-corrected chi connectivity index (χ0v) is 16.9. The van der Waals surface area contributed by atoms with Crippen LogP contribution in [0.2, 0.25) is 0 Å². The summed E-state index contributed by atoms with van der Waals surface area (Å²) >= 11 is 0. The van der Waals surface area contributed by atoms with Gasteiger partial charge in [-0.25, -0.2) is 4.98 Å². The molecule has 2 aliphatic rings. The molecule has 2 aliphatic heterocycles. The zero-order chi connectivity index (χ0) is 20.4. The van der Waals surface area contributed by atoms with E-state index >= 15 is 0 Å². The van der Waals surface area contributed by atoms with Crippen LogP contribution in [0.1, 0.15) is 49.6 Å². The van der Waals surface area contributed by atoms with Crippen molar-refractivity contribution < 1.29 is 14.7 Å². The lowest BCUT2D eigenvalue weighted by Gasteiger charge is -2.50. The Morgan fingerprint density at radius 2 is 1.86 bits per heavy atom. The Morgan fingerprint density at radius 3 is 2.55 bits per heavy atom. The molecule has 7 nitrogen and oxygen atoms in total. The molecule has 29 heavy (non-hydrogen) atoms. The molecule has 0 saturated carbocycles. The van der Waals surface area contributed by atoms with Crippen molar-refractivity contribution in [1.29, 1.82) is 0 Å². The first-order chi connectivity index (χ1) is 14.0. The lowest BCUT2D eigenvalue weighted by molar-refractivity contribution is -0.144. The number of aryl methyl sites for hydroxylation is 1. The number of imidazole rings is 1. The highest BCUT2D eigenvalue weighted by Gasteiger charge is 2.48. The smallest absolute Gasteiger partial charge is 0.223 e. The van der Waals surface area contributed by atoms with Gasteiger partial charge in [-0.05, 0) is 37.0 Å². The second-order valence-electron chi connectivity index (χ2n) is 7.96. The highest BCUT2D eigenvalue weighted by atomic mass is 16.3. The van der Waals surface area contributed by atoms with Gasteiger partial charge in [0.05, 0.1) is 17.6 Å². The van der Waals surface area contributed by atoms with Crippen LogP contribution in [0, 0.1) is 0 Å². The Hall–Kier alpha value is -2.83. The highest BCUT2D eigenvalue weighted by molar-refractivity contribution is 5.78. The van der Waals surface area contributed by atoms with Crippen LogP contribution in [0.25, 0.3) is 0 Å². The van der Waals surface area contributed by atoms with Gasteiger partial charge in [-0.3, -0.25) is 9.59 Å². The first-order valence-corrected chi connectivity index (χ1v) is 10.4. The number of fused-ring (bicyclic) bond motifs is 2. The number of phenols is 1. The van der Waals surface area contributed by atoms with Gasteiger partial charge in [0.25, 0.3) is 0 Å². The fourth-order valence-electron chi connectivity index (χ4n) is 4.74. The number of rotatable bonds is 4. The fraction of sp³-hybridized carbons (Fsp3) is 0.500. The highest BCUT2D eigenvalue weighted by Crippen LogP contribution is 2.42. The molecule has 1 aromatic carbocycles. The Labute approximate surface area is 170 Å². The van der Waals surface area contributed by atoms with Crippen molar-refractivity contribution in [3.8, 4) is 5.75 Å². The predicted octanol–water partition coefficient (Wildman–Crippen LogP) is 2.36. The molecule has 4 rings (SSSR count). The van der Waals surface area contributed by atoms with Crippen molar-refractivity contribution in [2.24, 2.45) is 0 Å². The maximum atomic E-state index is 12.8. The van der Waals surface area contributed by atoms with Crippen molar-refractivity contribution in [1.82, 2.24) is 19.8 Å². The average molecular weight is 396 g/mol. The summed E-state index contributed by atoms with van der Waals surface area (Å²) in [7, 11) is 0. The van der Waals surface area contributed by atoms with Gasteiger partial charge in [-0.1, -0.05) is 19.1 Å². The molecule has 0 aliphatic carbocycles. The number of carbonyl (C=O) groups excluding carboxylic acids is 2. The van der Waals surface area contributed by atoms with Crippen molar-refractivity contribution in [2.75, 3.05) is 19.6 Å². The van der Waals surface area contributed by atoms with Crippen LogP contribution >= 0.6 is 0 Å². The van der Waals surface area contributed by atoms with E-state index in [2.05, 4.69) is 9.97 Å². The third-order valence-electron chi connectivity index (χ3n) is 6.37. The number of nitrogens with zero attached hydrogens (tertiary/aromatic N) is 3. The van der Waals surface area contributed by atoms with E-state index in [0.29, 0.717) is 38.9 Å². The number of piperidine rings is 1. The number of hydrogen-bond acceptors (Lipinski definition) is 4. The van der Waals surface area contributed by atoms with Crippen molar-refractivity contribution in [2.45, 2.75) is 51.0 Å². The van der Waals surface area contributed by atoms with E-state index in [1.807, 2.05) is 28.9 Å². The first-order valence-electron chi connectivity index (χ1n) is 10.4. The second-order valence-corrected chi connectivity index (χ2v) is 7.96. The summed E-state index contributed by atoms with van der Waals surface area (Å²) in [6.07, 6.45) is 5.56. The van der Waals surface area contributed by atoms with E-state index in [0.717, 1.165) is 36.2 Å². The van der Waals surface area contributed by atoms with Gasteiger partial charge in [0.2, 0.25) is 11.8 Å². The van der Waals surface area contributed by atoms with E-state index in [1.165, 1.54) is 0 Å². The number of benzene rings is 1. The predicted molar refractivity (Wildman–Crippen MR) is 108 cm³/mol. The maximum Gasteiger partial charge on any atom is 0.223 e. The number of aromatic nitrogens is 2. The van der Waals surface area contributed by atoms with Gasteiger partial charge in [-0.2, -0.15) is 0 Å². The van der Waals surface area contributed by atoms with Crippen LogP contribution in [-0.4, -0.2) is 56.3 Å². The molecule has 1 spiro atoms. The largest absolute Gasteiger partial charge is 0.508 e. The van der Waals surface area contributed by atoms with Crippen molar-refractivity contribution in [3.05, 3.63) is 47.5 Å². The molecule has 2 N–H and O–H groups in total. The molecule has 1 saturated heterocycles. The molecule has 0 radical (unpaired) electrons. The van der Waals surface area contributed by atoms with Crippen LogP contribution in [0.15, 0.2) is 30.6 Å². The third kappa shape index (κ3) is 3.61. The molecular weight excluding hydrogens is 368 g/mol. The molecule has 1 aromatic heterocycles. The quantitative estimate of drug-likeness (QED) is 0.830. The van der Waals surface area contributed by atoms with E-state index in [4.69, 9.17) is 0 Å². The number of aromatic hydroxyl groups is 1. The summed E-state index contributed by atoms with van der Waals surface area (Å²) in [6, 6.07) is 7.00.